The zero-order valence-corrected chi connectivity index (χ0v) is 12.2. The summed E-state index contributed by atoms with van der Waals surface area (Å²) in [6.07, 6.45) is 0. The number of thioether (sulfide) groups is 1. The van der Waals surface area contributed by atoms with E-state index in [1.54, 1.807) is 11.8 Å². The van der Waals surface area contributed by atoms with E-state index in [0.29, 0.717) is 15.0 Å². The minimum atomic E-state index is 0.447. The average Bonchev–Trinajstić information content (AvgIpc) is 2.39. The van der Waals surface area contributed by atoms with Gasteiger partial charge in [-0.3, -0.25) is 0 Å². The van der Waals surface area contributed by atoms with Crippen LogP contribution >= 0.6 is 11.8 Å². The predicted molar refractivity (Wildman–Crippen MR) is 77.9 cm³/mol. The molecule has 0 aliphatic carbocycles. The van der Waals surface area contributed by atoms with E-state index in [4.69, 9.17) is 0 Å². The van der Waals surface area contributed by atoms with Gasteiger partial charge in [-0.05, 0) is 0 Å². The fourth-order valence-corrected chi connectivity index (χ4v) is 4.01. The van der Waals surface area contributed by atoms with Gasteiger partial charge in [0.15, 0.2) is 0 Å². The summed E-state index contributed by atoms with van der Waals surface area (Å²) in [5, 5.41) is 2.27. The van der Waals surface area contributed by atoms with Crippen molar-refractivity contribution in [3.63, 3.8) is 0 Å². The molecule has 0 aliphatic heterocycles. The van der Waals surface area contributed by atoms with Crippen LogP contribution in [0.15, 0.2) is 75.4 Å². The number of rotatable bonds is 4. The molecule has 0 spiro atoms. The van der Waals surface area contributed by atoms with Gasteiger partial charge < -0.3 is 0 Å². The van der Waals surface area contributed by atoms with Crippen LogP contribution in [0.25, 0.3) is 0 Å². The number of hydrogen-bond acceptors (Lipinski definition) is 1. The van der Waals surface area contributed by atoms with E-state index in [-0.39, 0.29) is 0 Å². The molecule has 2 aromatic rings. The molecule has 17 heavy (non-hydrogen) atoms. The summed E-state index contributed by atoms with van der Waals surface area (Å²) in [4.78, 5) is 1.30. The van der Waals surface area contributed by atoms with E-state index in [2.05, 4.69) is 73.0 Å². The Morgan fingerprint density at radius 3 is 2.18 bits per heavy atom. The predicted octanol–water partition coefficient (Wildman–Crippen LogP) is 3.67. The Bertz CT molecular complexity index is 477. The Hall–Kier alpha value is -0.951. The fourth-order valence-electron chi connectivity index (χ4n) is 1.35. The minimum absolute atomic E-state index is 0.447. The van der Waals surface area contributed by atoms with Gasteiger partial charge in [-0.1, -0.05) is 0 Å². The molecule has 0 aliphatic rings. The first-order chi connectivity index (χ1) is 8.34. The van der Waals surface area contributed by atoms with E-state index in [1.165, 1.54) is 13.8 Å². The normalized spacial score (nSPS) is 11.5. The second-order valence-corrected chi connectivity index (χ2v) is 7.29. The van der Waals surface area contributed by atoms with E-state index in [9.17, 15) is 0 Å². The molecule has 2 rings (SSSR count). The molecule has 0 radical (unpaired) electrons. The molecule has 0 saturated carbocycles. The van der Waals surface area contributed by atoms with Crippen LogP contribution in [0.1, 0.15) is 6.92 Å². The maximum absolute atomic E-state index is 2.27. The van der Waals surface area contributed by atoms with E-state index in [1.807, 2.05) is 0 Å². The molecule has 0 atom stereocenters. The van der Waals surface area contributed by atoms with E-state index < -0.39 is 0 Å². The van der Waals surface area contributed by atoms with Gasteiger partial charge in [0, 0.05) is 0 Å². The van der Waals surface area contributed by atoms with E-state index >= 15 is 0 Å². The number of allylic oxidation sites excluding steroid dienone is 1. The monoisotopic (exact) mass is 306 g/mol. The molecule has 0 saturated heterocycles. The second kappa shape index (κ2) is 6.70. The summed E-state index contributed by atoms with van der Waals surface area (Å²) < 4.78 is 2.89. The second-order valence-electron chi connectivity index (χ2n) is 3.57. The summed E-state index contributed by atoms with van der Waals surface area (Å²) in [5.74, 6) is 0. The van der Waals surface area contributed by atoms with Gasteiger partial charge in [-0.25, -0.2) is 0 Å². The molecule has 0 heterocycles. The number of hydrogen-bond donors (Lipinski definition) is 0. The van der Waals surface area contributed by atoms with Crippen LogP contribution in [0, 0.1) is 0 Å². The molecule has 0 bridgehead atoms. The quantitative estimate of drug-likeness (QED) is 0.613. The van der Waals surface area contributed by atoms with Gasteiger partial charge in [0.25, 0.3) is 0 Å². The first-order valence-corrected chi connectivity index (χ1v) is 8.05. The molecule has 0 aromatic heterocycles. The third-order valence-electron chi connectivity index (χ3n) is 2.13. The summed E-state index contributed by atoms with van der Waals surface area (Å²) in [6.45, 7) is 2.21. The standard InChI is InChI=1S/C15H14SSe/c1-13(17-15-10-6-3-7-11-15)12-16-14-8-4-2-5-9-14/h2-12H,1H3/b13-12-. The third-order valence-corrected chi connectivity index (χ3v) is 5.47. The van der Waals surface area contributed by atoms with Crippen molar-refractivity contribution in [2.75, 3.05) is 0 Å². The third kappa shape index (κ3) is 4.43. The van der Waals surface area contributed by atoms with Crippen molar-refractivity contribution < 1.29 is 0 Å². The Morgan fingerprint density at radius 2 is 1.53 bits per heavy atom. The van der Waals surface area contributed by atoms with Crippen LogP contribution in [-0.2, 0) is 0 Å². The van der Waals surface area contributed by atoms with Gasteiger partial charge >= 0.3 is 114 Å². The molecule has 0 amide bonds. The van der Waals surface area contributed by atoms with Gasteiger partial charge in [0.05, 0.1) is 0 Å². The van der Waals surface area contributed by atoms with Crippen molar-refractivity contribution in [3.8, 4) is 0 Å². The summed E-state index contributed by atoms with van der Waals surface area (Å²) in [7, 11) is 0. The van der Waals surface area contributed by atoms with Crippen molar-refractivity contribution in [2.45, 2.75) is 11.8 Å². The van der Waals surface area contributed by atoms with Crippen LogP contribution in [0.3, 0.4) is 0 Å². The van der Waals surface area contributed by atoms with Crippen LogP contribution in [0.5, 0.6) is 0 Å². The van der Waals surface area contributed by atoms with Crippen LogP contribution < -0.4 is 4.46 Å². The van der Waals surface area contributed by atoms with Crippen molar-refractivity contribution in [3.05, 3.63) is 70.5 Å². The van der Waals surface area contributed by atoms with Crippen molar-refractivity contribution in [1.29, 1.82) is 0 Å². The molecule has 86 valence electrons. The summed E-state index contributed by atoms with van der Waals surface area (Å²) in [6, 6.07) is 21.2. The van der Waals surface area contributed by atoms with Gasteiger partial charge in [-0.15, -0.1) is 0 Å². The Labute approximate surface area is 113 Å². The number of benzene rings is 2. The van der Waals surface area contributed by atoms with Crippen LogP contribution in [0.2, 0.25) is 0 Å². The zero-order chi connectivity index (χ0) is 11.9. The van der Waals surface area contributed by atoms with Crippen LogP contribution in [0.4, 0.5) is 0 Å². The first-order valence-electron chi connectivity index (χ1n) is 5.46. The molecule has 2 aromatic carbocycles. The molecule has 0 fully saturated rings. The van der Waals surface area contributed by atoms with Crippen molar-refractivity contribution in [2.24, 2.45) is 0 Å². The molecule has 2 heteroatoms. The molecule has 0 N–H and O–H groups in total. The van der Waals surface area contributed by atoms with Crippen molar-refractivity contribution in [1.82, 2.24) is 0 Å². The Balaban J connectivity index is 1.94. The summed E-state index contributed by atoms with van der Waals surface area (Å²) in [5.41, 5.74) is 0. The molecule has 0 nitrogen and oxygen atoms in total. The SMILES string of the molecule is C/C(=C/Sc1ccccc1)[Se]c1ccccc1. The Kier molecular flexibility index (Phi) is 4.93. The zero-order valence-electron chi connectivity index (χ0n) is 9.67. The van der Waals surface area contributed by atoms with Gasteiger partial charge in [0.2, 0.25) is 0 Å². The molecular weight excluding hydrogens is 291 g/mol. The maximum atomic E-state index is 2.27. The molecular formula is C15H14SSe. The first kappa shape index (κ1) is 12.5. The van der Waals surface area contributed by atoms with Gasteiger partial charge in [0.1, 0.15) is 0 Å². The van der Waals surface area contributed by atoms with Gasteiger partial charge in [-0.2, -0.15) is 0 Å². The average molecular weight is 305 g/mol. The Morgan fingerprint density at radius 1 is 0.941 bits per heavy atom. The summed E-state index contributed by atoms with van der Waals surface area (Å²) >= 11 is 2.25. The van der Waals surface area contributed by atoms with Crippen LogP contribution in [-0.4, -0.2) is 15.0 Å². The van der Waals surface area contributed by atoms with E-state index in [0.717, 1.165) is 0 Å². The fraction of sp³-hybridized carbons (Fsp3) is 0.0667. The van der Waals surface area contributed by atoms with Crippen molar-refractivity contribution >= 4 is 31.2 Å². The molecule has 0 unspecified atom stereocenters. The topological polar surface area (TPSA) is 0 Å².